The third-order valence-electron chi connectivity index (χ3n) is 6.62. The third kappa shape index (κ3) is 5.20. The molecule has 8 heteroatoms. The summed E-state index contributed by atoms with van der Waals surface area (Å²) in [6, 6.07) is 16.0. The van der Waals surface area contributed by atoms with Crippen molar-refractivity contribution >= 4 is 0 Å². The fourth-order valence-corrected chi connectivity index (χ4v) is 4.41. The smallest absolute Gasteiger partial charge is 0.233 e. The Labute approximate surface area is 210 Å². The monoisotopic (exact) mass is 490 g/mol. The van der Waals surface area contributed by atoms with Crippen LogP contribution in [0.15, 0.2) is 60.8 Å². The summed E-state index contributed by atoms with van der Waals surface area (Å²) in [6.45, 7) is 5.01. The van der Waals surface area contributed by atoms with Gasteiger partial charge in [-0.05, 0) is 56.4 Å². The number of aryl methyl sites for hydroxylation is 1. The molecule has 1 aliphatic rings. The normalized spacial score (nSPS) is 15.1. The lowest BCUT2D eigenvalue weighted by Crippen LogP contribution is -2.13. The minimum atomic E-state index is -0.993. The number of hydrogen-bond donors (Lipinski definition) is 1. The average molecular weight is 491 g/mol. The van der Waals surface area contributed by atoms with Crippen molar-refractivity contribution in [2.24, 2.45) is 5.92 Å². The van der Waals surface area contributed by atoms with Gasteiger partial charge in [0.25, 0.3) is 0 Å². The second-order valence-electron chi connectivity index (χ2n) is 9.40. The van der Waals surface area contributed by atoms with E-state index in [0.717, 1.165) is 17.8 Å². The number of hydrogen-bond acceptors (Lipinski definition) is 5. The topological polar surface area (TPSA) is 74.3 Å². The number of rotatable bonds is 10. The fraction of sp³-hybridized carbons (Fsp3) is 0.357. The minimum Gasteiger partial charge on any atom is -0.480 e. The molecule has 7 nitrogen and oxygen atoms in total. The van der Waals surface area contributed by atoms with Gasteiger partial charge >= 0.3 is 0 Å². The third-order valence-corrected chi connectivity index (χ3v) is 6.62. The Morgan fingerprint density at radius 1 is 1.08 bits per heavy atom. The van der Waals surface area contributed by atoms with Crippen LogP contribution in [-0.2, 0) is 17.9 Å². The van der Waals surface area contributed by atoms with E-state index in [1.165, 1.54) is 32.1 Å². The highest BCUT2D eigenvalue weighted by Crippen LogP contribution is 2.34. The first kappa shape index (κ1) is 24.2. The van der Waals surface area contributed by atoms with E-state index in [0.29, 0.717) is 40.9 Å². The molecule has 36 heavy (non-hydrogen) atoms. The molecule has 1 saturated carbocycles. The Balaban J connectivity index is 1.48. The molecule has 1 unspecified atom stereocenters. The molecule has 2 atom stereocenters. The standard InChI is InChI=1S/C28H31FN4O3/c1-18-24(16-32(30-18)15-20-9-10-20)28(34)26-14-27(35-3)31-33(26)25-12-11-22(29)13-23(25)19(2)36-17-21-7-5-4-6-8-21/h4-8,11-14,16,19-20,28,34H,9-10,15,17H2,1-3H3/t19-,28?/m1/s1. The summed E-state index contributed by atoms with van der Waals surface area (Å²) in [5, 5.41) is 20.6. The number of halogens is 1. The number of aromatic nitrogens is 4. The zero-order chi connectivity index (χ0) is 25.2. The van der Waals surface area contributed by atoms with Crippen molar-refractivity contribution in [1.82, 2.24) is 19.6 Å². The largest absolute Gasteiger partial charge is 0.480 e. The van der Waals surface area contributed by atoms with E-state index in [1.54, 1.807) is 16.8 Å². The Morgan fingerprint density at radius 3 is 2.58 bits per heavy atom. The molecule has 0 saturated heterocycles. The molecule has 0 radical (unpaired) electrons. The maximum absolute atomic E-state index is 14.4. The maximum Gasteiger partial charge on any atom is 0.233 e. The predicted octanol–water partition coefficient (Wildman–Crippen LogP) is 5.29. The molecule has 1 fully saturated rings. The van der Waals surface area contributed by atoms with Crippen LogP contribution in [0.3, 0.4) is 0 Å². The molecule has 0 amide bonds. The van der Waals surface area contributed by atoms with Crippen LogP contribution < -0.4 is 4.74 Å². The van der Waals surface area contributed by atoms with Crippen LogP contribution in [0.4, 0.5) is 4.39 Å². The average Bonchev–Trinajstić information content (AvgIpc) is 3.47. The van der Waals surface area contributed by atoms with Crippen LogP contribution in [0, 0.1) is 18.7 Å². The van der Waals surface area contributed by atoms with Gasteiger partial charge in [-0.1, -0.05) is 30.3 Å². The van der Waals surface area contributed by atoms with Crippen molar-refractivity contribution < 1.29 is 19.0 Å². The van der Waals surface area contributed by atoms with Crippen molar-refractivity contribution in [2.45, 2.75) is 52.0 Å². The Morgan fingerprint density at radius 2 is 1.86 bits per heavy atom. The Bertz CT molecular complexity index is 1330. The van der Waals surface area contributed by atoms with Gasteiger partial charge in [0.1, 0.15) is 11.9 Å². The molecule has 2 aromatic carbocycles. The quantitative estimate of drug-likeness (QED) is 0.327. The molecular weight excluding hydrogens is 459 g/mol. The van der Waals surface area contributed by atoms with Gasteiger partial charge in [0.2, 0.25) is 5.88 Å². The van der Waals surface area contributed by atoms with Crippen LogP contribution in [0.2, 0.25) is 0 Å². The number of nitrogens with zero attached hydrogens (tertiary/aromatic N) is 4. The highest BCUT2D eigenvalue weighted by atomic mass is 19.1. The molecule has 0 spiro atoms. The SMILES string of the molecule is COc1cc(C(O)c2cn(CC3CC3)nc2C)n(-c2ccc(F)cc2[C@@H](C)OCc2ccccc2)n1. The molecular formula is C28H31FN4O3. The van der Waals surface area contributed by atoms with Gasteiger partial charge < -0.3 is 14.6 Å². The highest BCUT2D eigenvalue weighted by Gasteiger charge is 2.27. The summed E-state index contributed by atoms with van der Waals surface area (Å²) >= 11 is 0. The van der Waals surface area contributed by atoms with E-state index < -0.39 is 12.2 Å². The van der Waals surface area contributed by atoms with E-state index in [-0.39, 0.29) is 5.82 Å². The predicted molar refractivity (Wildman–Crippen MR) is 133 cm³/mol. The van der Waals surface area contributed by atoms with Gasteiger partial charge in [0.15, 0.2) is 0 Å². The van der Waals surface area contributed by atoms with Crippen LogP contribution in [0.25, 0.3) is 5.69 Å². The molecule has 5 rings (SSSR count). The molecule has 2 heterocycles. The summed E-state index contributed by atoms with van der Waals surface area (Å²) in [6.07, 6.45) is 2.92. The first-order chi connectivity index (χ1) is 17.4. The van der Waals surface area contributed by atoms with Gasteiger partial charge in [-0.15, -0.1) is 5.10 Å². The number of ether oxygens (including phenoxy) is 2. The summed E-state index contributed by atoms with van der Waals surface area (Å²) in [5.74, 6) is 0.640. The van der Waals surface area contributed by atoms with E-state index >= 15 is 0 Å². The van der Waals surface area contributed by atoms with Crippen LogP contribution in [0.1, 0.15) is 60.1 Å². The summed E-state index contributed by atoms with van der Waals surface area (Å²) in [7, 11) is 1.53. The highest BCUT2D eigenvalue weighted by molar-refractivity contribution is 5.46. The van der Waals surface area contributed by atoms with E-state index in [1.807, 2.05) is 55.1 Å². The molecule has 4 aromatic rings. The van der Waals surface area contributed by atoms with Crippen molar-refractivity contribution in [3.8, 4) is 11.6 Å². The van der Waals surface area contributed by atoms with Gasteiger partial charge in [-0.25, -0.2) is 9.07 Å². The molecule has 188 valence electrons. The Hall–Kier alpha value is -3.49. The number of aliphatic hydroxyl groups excluding tert-OH is 1. The fourth-order valence-electron chi connectivity index (χ4n) is 4.41. The summed E-state index contributed by atoms with van der Waals surface area (Å²) < 4.78 is 29.4. The number of benzene rings is 2. The van der Waals surface area contributed by atoms with Crippen LogP contribution in [-0.4, -0.2) is 31.8 Å². The number of methoxy groups -OCH3 is 1. The zero-order valence-corrected chi connectivity index (χ0v) is 20.8. The lowest BCUT2D eigenvalue weighted by molar-refractivity contribution is 0.0522. The zero-order valence-electron chi connectivity index (χ0n) is 20.8. The van der Waals surface area contributed by atoms with Gasteiger partial charge in [0, 0.05) is 29.9 Å². The second-order valence-corrected chi connectivity index (χ2v) is 9.40. The van der Waals surface area contributed by atoms with Crippen LogP contribution in [0.5, 0.6) is 5.88 Å². The minimum absolute atomic E-state index is 0.347. The van der Waals surface area contributed by atoms with Crippen molar-refractivity contribution in [3.05, 3.63) is 94.7 Å². The van der Waals surface area contributed by atoms with Gasteiger partial charge in [-0.3, -0.25) is 4.68 Å². The molecule has 2 aromatic heterocycles. The first-order valence-corrected chi connectivity index (χ1v) is 12.2. The lowest BCUT2D eigenvalue weighted by Gasteiger charge is -2.20. The van der Waals surface area contributed by atoms with Crippen molar-refractivity contribution in [2.75, 3.05) is 7.11 Å². The van der Waals surface area contributed by atoms with E-state index in [2.05, 4.69) is 10.2 Å². The summed E-state index contributed by atoms with van der Waals surface area (Å²) in [5.41, 5.74) is 4.22. The van der Waals surface area contributed by atoms with Crippen LogP contribution >= 0.6 is 0 Å². The van der Waals surface area contributed by atoms with Crippen molar-refractivity contribution in [1.29, 1.82) is 0 Å². The molecule has 0 aliphatic heterocycles. The van der Waals surface area contributed by atoms with Gasteiger partial charge in [0.05, 0.1) is 36.9 Å². The number of aliphatic hydroxyl groups is 1. The molecule has 0 bridgehead atoms. The van der Waals surface area contributed by atoms with E-state index in [9.17, 15) is 9.50 Å². The van der Waals surface area contributed by atoms with Crippen molar-refractivity contribution in [3.63, 3.8) is 0 Å². The maximum atomic E-state index is 14.4. The second kappa shape index (κ2) is 10.2. The molecule has 1 aliphatic carbocycles. The Kier molecular flexibility index (Phi) is 6.89. The lowest BCUT2D eigenvalue weighted by atomic mass is 10.1. The summed E-state index contributed by atoms with van der Waals surface area (Å²) in [4.78, 5) is 0. The molecule has 1 N–H and O–H groups in total. The van der Waals surface area contributed by atoms with Gasteiger partial charge in [-0.2, -0.15) is 5.10 Å². The van der Waals surface area contributed by atoms with E-state index in [4.69, 9.17) is 9.47 Å². The first-order valence-electron chi connectivity index (χ1n) is 12.2.